The minimum atomic E-state index is 0.217. The molecule has 0 heterocycles. The van der Waals surface area contributed by atoms with Gasteiger partial charge in [-0.1, -0.05) is 47.3 Å². The molecule has 0 aromatic heterocycles. The SMILES string of the molecule is CNC1(c2ccc(C)c(Br)c2)CCCCC1. The molecule has 1 N–H and O–H groups in total. The first kappa shape index (κ1) is 12.1. The monoisotopic (exact) mass is 281 g/mol. The molecule has 1 aliphatic carbocycles. The summed E-state index contributed by atoms with van der Waals surface area (Å²) in [4.78, 5) is 0. The molecule has 0 radical (unpaired) electrons. The number of nitrogens with one attached hydrogen (secondary N) is 1. The second kappa shape index (κ2) is 4.89. The Morgan fingerprint density at radius 3 is 2.44 bits per heavy atom. The molecule has 88 valence electrons. The fourth-order valence-electron chi connectivity index (χ4n) is 2.73. The van der Waals surface area contributed by atoms with Crippen LogP contribution in [-0.4, -0.2) is 7.05 Å². The van der Waals surface area contributed by atoms with Gasteiger partial charge in [-0.05, 0) is 44.0 Å². The van der Waals surface area contributed by atoms with Gasteiger partial charge in [0.15, 0.2) is 0 Å². The van der Waals surface area contributed by atoms with Crippen LogP contribution in [0.3, 0.4) is 0 Å². The fraction of sp³-hybridized carbons (Fsp3) is 0.571. The molecule has 0 saturated heterocycles. The number of halogens is 1. The summed E-state index contributed by atoms with van der Waals surface area (Å²) >= 11 is 3.64. The maximum atomic E-state index is 3.64. The predicted molar refractivity (Wildman–Crippen MR) is 72.7 cm³/mol. The van der Waals surface area contributed by atoms with Crippen LogP contribution in [0.5, 0.6) is 0 Å². The highest BCUT2D eigenvalue weighted by Crippen LogP contribution is 2.38. The summed E-state index contributed by atoms with van der Waals surface area (Å²) in [7, 11) is 2.10. The van der Waals surface area contributed by atoms with E-state index in [4.69, 9.17) is 0 Å². The Morgan fingerprint density at radius 2 is 1.88 bits per heavy atom. The number of hydrogen-bond acceptors (Lipinski definition) is 1. The quantitative estimate of drug-likeness (QED) is 0.859. The van der Waals surface area contributed by atoms with Crippen molar-refractivity contribution < 1.29 is 0 Å². The molecule has 2 heteroatoms. The van der Waals surface area contributed by atoms with Crippen LogP contribution >= 0.6 is 15.9 Å². The Labute approximate surface area is 107 Å². The van der Waals surface area contributed by atoms with E-state index in [0.717, 1.165) is 0 Å². The summed E-state index contributed by atoms with van der Waals surface area (Å²) in [6.45, 7) is 2.14. The van der Waals surface area contributed by atoms with Gasteiger partial charge in [0.1, 0.15) is 0 Å². The zero-order chi connectivity index (χ0) is 11.6. The van der Waals surface area contributed by atoms with Crippen molar-refractivity contribution in [1.82, 2.24) is 5.32 Å². The first-order valence-electron chi connectivity index (χ1n) is 6.13. The molecule has 1 saturated carbocycles. The molecule has 16 heavy (non-hydrogen) atoms. The van der Waals surface area contributed by atoms with E-state index < -0.39 is 0 Å². The number of benzene rings is 1. The van der Waals surface area contributed by atoms with Crippen molar-refractivity contribution in [3.05, 3.63) is 33.8 Å². The second-order valence-corrected chi connectivity index (χ2v) is 5.71. The molecule has 0 atom stereocenters. The summed E-state index contributed by atoms with van der Waals surface area (Å²) in [5.74, 6) is 0. The highest BCUT2D eigenvalue weighted by molar-refractivity contribution is 9.10. The maximum absolute atomic E-state index is 3.64. The molecular weight excluding hydrogens is 262 g/mol. The second-order valence-electron chi connectivity index (χ2n) is 4.86. The molecule has 1 fully saturated rings. The molecule has 1 nitrogen and oxygen atoms in total. The molecule has 0 spiro atoms. The fourth-order valence-corrected chi connectivity index (χ4v) is 3.11. The van der Waals surface area contributed by atoms with Crippen LogP contribution in [0, 0.1) is 6.92 Å². The summed E-state index contributed by atoms with van der Waals surface area (Å²) in [6, 6.07) is 6.78. The normalized spacial score (nSPS) is 19.7. The molecule has 1 aromatic carbocycles. The van der Waals surface area contributed by atoms with Crippen molar-refractivity contribution in [2.45, 2.75) is 44.6 Å². The highest BCUT2D eigenvalue weighted by Gasteiger charge is 2.32. The maximum Gasteiger partial charge on any atom is 0.0432 e. The lowest BCUT2D eigenvalue weighted by Crippen LogP contribution is -2.41. The van der Waals surface area contributed by atoms with E-state index in [9.17, 15) is 0 Å². The Hall–Kier alpha value is -0.340. The van der Waals surface area contributed by atoms with Gasteiger partial charge in [-0.25, -0.2) is 0 Å². The van der Waals surface area contributed by atoms with Gasteiger partial charge in [-0.3, -0.25) is 0 Å². The zero-order valence-corrected chi connectivity index (χ0v) is 11.7. The van der Waals surface area contributed by atoms with Crippen LogP contribution in [0.25, 0.3) is 0 Å². The minimum Gasteiger partial charge on any atom is -0.310 e. The van der Waals surface area contributed by atoms with Crippen LogP contribution < -0.4 is 5.32 Å². The highest BCUT2D eigenvalue weighted by atomic mass is 79.9. The Bertz CT molecular complexity index is 367. The van der Waals surface area contributed by atoms with Crippen LogP contribution in [-0.2, 0) is 5.54 Å². The largest absolute Gasteiger partial charge is 0.310 e. The van der Waals surface area contributed by atoms with Gasteiger partial charge in [0.25, 0.3) is 0 Å². The van der Waals surface area contributed by atoms with Crippen LogP contribution in [0.2, 0.25) is 0 Å². The lowest BCUT2D eigenvalue weighted by Gasteiger charge is -2.38. The molecule has 0 unspecified atom stereocenters. The van der Waals surface area contributed by atoms with Gasteiger partial charge >= 0.3 is 0 Å². The first-order chi connectivity index (χ1) is 7.68. The van der Waals surface area contributed by atoms with E-state index in [0.29, 0.717) is 0 Å². The van der Waals surface area contributed by atoms with Crippen molar-refractivity contribution in [2.75, 3.05) is 7.05 Å². The standard InChI is InChI=1S/C14H20BrN/c1-11-6-7-12(10-13(11)15)14(16-2)8-4-3-5-9-14/h6-7,10,16H,3-5,8-9H2,1-2H3. The minimum absolute atomic E-state index is 0.217. The van der Waals surface area contributed by atoms with E-state index in [-0.39, 0.29) is 5.54 Å². The van der Waals surface area contributed by atoms with Crippen LogP contribution in [0.15, 0.2) is 22.7 Å². The van der Waals surface area contributed by atoms with Crippen molar-refractivity contribution >= 4 is 15.9 Å². The van der Waals surface area contributed by atoms with Crippen LogP contribution in [0.1, 0.15) is 43.2 Å². The number of hydrogen-bond donors (Lipinski definition) is 1. The van der Waals surface area contributed by atoms with Crippen molar-refractivity contribution in [3.8, 4) is 0 Å². The van der Waals surface area contributed by atoms with Gasteiger partial charge in [0, 0.05) is 10.0 Å². The van der Waals surface area contributed by atoms with Crippen molar-refractivity contribution in [3.63, 3.8) is 0 Å². The lowest BCUT2D eigenvalue weighted by atomic mass is 9.76. The summed E-state index contributed by atoms with van der Waals surface area (Å²) in [5.41, 5.74) is 2.96. The summed E-state index contributed by atoms with van der Waals surface area (Å²) in [5, 5.41) is 3.56. The van der Waals surface area contributed by atoms with Gasteiger partial charge in [0.2, 0.25) is 0 Å². The Balaban J connectivity index is 2.35. The lowest BCUT2D eigenvalue weighted by molar-refractivity contribution is 0.250. The van der Waals surface area contributed by atoms with E-state index in [1.165, 1.54) is 47.7 Å². The van der Waals surface area contributed by atoms with Gasteiger partial charge < -0.3 is 5.32 Å². The predicted octanol–water partition coefficient (Wildman–Crippen LogP) is 4.14. The first-order valence-corrected chi connectivity index (χ1v) is 6.93. The van der Waals surface area contributed by atoms with Crippen molar-refractivity contribution in [1.29, 1.82) is 0 Å². The van der Waals surface area contributed by atoms with Crippen LogP contribution in [0.4, 0.5) is 0 Å². The average Bonchev–Trinajstić information content (AvgIpc) is 2.33. The molecule has 0 bridgehead atoms. The van der Waals surface area contributed by atoms with Crippen molar-refractivity contribution in [2.24, 2.45) is 0 Å². The van der Waals surface area contributed by atoms with Gasteiger partial charge in [-0.15, -0.1) is 0 Å². The number of aryl methyl sites for hydroxylation is 1. The third kappa shape index (κ3) is 2.18. The molecule has 0 amide bonds. The third-order valence-corrected chi connectivity index (χ3v) is 4.76. The summed E-state index contributed by atoms with van der Waals surface area (Å²) < 4.78 is 1.23. The molecule has 0 aliphatic heterocycles. The Morgan fingerprint density at radius 1 is 1.19 bits per heavy atom. The zero-order valence-electron chi connectivity index (χ0n) is 10.1. The Kier molecular flexibility index (Phi) is 3.70. The van der Waals surface area contributed by atoms with E-state index in [1.54, 1.807) is 0 Å². The van der Waals surface area contributed by atoms with E-state index in [1.807, 2.05) is 0 Å². The molecule has 2 rings (SSSR count). The third-order valence-electron chi connectivity index (χ3n) is 3.91. The smallest absolute Gasteiger partial charge is 0.0432 e. The van der Waals surface area contributed by atoms with Gasteiger partial charge in [-0.2, -0.15) is 0 Å². The molecule has 1 aromatic rings. The van der Waals surface area contributed by atoms with E-state index >= 15 is 0 Å². The van der Waals surface area contributed by atoms with Gasteiger partial charge in [0.05, 0.1) is 0 Å². The summed E-state index contributed by atoms with van der Waals surface area (Å²) in [6.07, 6.45) is 6.59. The average molecular weight is 282 g/mol. The van der Waals surface area contributed by atoms with E-state index in [2.05, 4.69) is 53.4 Å². The topological polar surface area (TPSA) is 12.0 Å². The molecule has 1 aliphatic rings. The number of rotatable bonds is 2. The molecular formula is C14H20BrN.